The second-order valence-corrected chi connectivity index (χ2v) is 4.03. The molecule has 2 heteroatoms. The summed E-state index contributed by atoms with van der Waals surface area (Å²) in [6, 6.07) is 9.78. The van der Waals surface area contributed by atoms with Gasteiger partial charge in [0.25, 0.3) is 0 Å². The predicted octanol–water partition coefficient (Wildman–Crippen LogP) is 3.32. The Morgan fingerprint density at radius 1 is 1.19 bits per heavy atom. The first kappa shape index (κ1) is 13.2. The molecule has 1 aliphatic heterocycles. The van der Waals surface area contributed by atoms with Crippen molar-refractivity contribution < 1.29 is 9.84 Å². The molecule has 1 fully saturated rings. The average molecular weight is 222 g/mol. The van der Waals surface area contributed by atoms with Crippen molar-refractivity contribution in [2.75, 3.05) is 13.2 Å². The first-order valence-electron chi connectivity index (χ1n) is 6.15. The lowest BCUT2D eigenvalue weighted by Gasteiger charge is -2.07. The third-order valence-corrected chi connectivity index (χ3v) is 2.57. The monoisotopic (exact) mass is 222 g/mol. The number of ether oxygens (including phenoxy) is 1. The van der Waals surface area contributed by atoms with E-state index in [1.807, 2.05) is 30.3 Å². The highest BCUT2D eigenvalue weighted by molar-refractivity contribution is 5.16. The minimum absolute atomic E-state index is 0.277. The van der Waals surface area contributed by atoms with Crippen LogP contribution in [-0.4, -0.2) is 18.3 Å². The van der Waals surface area contributed by atoms with Crippen LogP contribution in [0.25, 0.3) is 0 Å². The van der Waals surface area contributed by atoms with Gasteiger partial charge in [0.2, 0.25) is 0 Å². The normalized spacial score (nSPS) is 16.4. The van der Waals surface area contributed by atoms with Gasteiger partial charge in [0.05, 0.1) is 6.10 Å². The van der Waals surface area contributed by atoms with Gasteiger partial charge in [0, 0.05) is 13.2 Å². The SMILES string of the molecule is C1CCOC1.CCCC(O)c1ccccc1. The number of benzene rings is 1. The van der Waals surface area contributed by atoms with Crippen LogP contribution in [0.4, 0.5) is 0 Å². The zero-order valence-electron chi connectivity index (χ0n) is 10.1. The molecule has 0 aromatic heterocycles. The Balaban J connectivity index is 0.000000212. The van der Waals surface area contributed by atoms with E-state index < -0.39 is 0 Å². The quantitative estimate of drug-likeness (QED) is 0.850. The van der Waals surface area contributed by atoms with Crippen LogP contribution in [0.3, 0.4) is 0 Å². The molecule has 0 aliphatic carbocycles. The van der Waals surface area contributed by atoms with E-state index in [9.17, 15) is 5.11 Å². The molecule has 2 rings (SSSR count). The predicted molar refractivity (Wildman–Crippen MR) is 66.4 cm³/mol. The highest BCUT2D eigenvalue weighted by atomic mass is 16.5. The van der Waals surface area contributed by atoms with E-state index in [4.69, 9.17) is 4.74 Å². The largest absolute Gasteiger partial charge is 0.388 e. The Labute approximate surface area is 98.3 Å². The number of hydrogen-bond donors (Lipinski definition) is 1. The lowest BCUT2D eigenvalue weighted by atomic mass is 10.1. The first-order valence-corrected chi connectivity index (χ1v) is 6.15. The van der Waals surface area contributed by atoms with Gasteiger partial charge in [-0.25, -0.2) is 0 Å². The molecule has 1 N–H and O–H groups in total. The van der Waals surface area contributed by atoms with Crippen molar-refractivity contribution in [2.45, 2.75) is 38.7 Å². The molecule has 90 valence electrons. The zero-order valence-corrected chi connectivity index (χ0v) is 10.1. The minimum Gasteiger partial charge on any atom is -0.388 e. The molecule has 1 saturated heterocycles. The van der Waals surface area contributed by atoms with Crippen molar-refractivity contribution in [3.63, 3.8) is 0 Å². The molecular weight excluding hydrogens is 200 g/mol. The number of hydrogen-bond acceptors (Lipinski definition) is 2. The van der Waals surface area contributed by atoms with E-state index in [-0.39, 0.29) is 6.10 Å². The van der Waals surface area contributed by atoms with Crippen molar-refractivity contribution in [1.82, 2.24) is 0 Å². The molecule has 0 saturated carbocycles. The molecule has 16 heavy (non-hydrogen) atoms. The van der Waals surface area contributed by atoms with E-state index in [1.54, 1.807) is 0 Å². The molecule has 1 unspecified atom stereocenters. The average Bonchev–Trinajstić information content (AvgIpc) is 2.89. The molecule has 0 radical (unpaired) electrons. The fraction of sp³-hybridized carbons (Fsp3) is 0.571. The van der Waals surface area contributed by atoms with E-state index in [0.29, 0.717) is 0 Å². The van der Waals surface area contributed by atoms with Gasteiger partial charge < -0.3 is 9.84 Å². The van der Waals surface area contributed by atoms with Crippen molar-refractivity contribution in [3.8, 4) is 0 Å². The van der Waals surface area contributed by atoms with Crippen LogP contribution in [0.15, 0.2) is 30.3 Å². The van der Waals surface area contributed by atoms with E-state index in [1.165, 1.54) is 12.8 Å². The zero-order chi connectivity index (χ0) is 11.6. The Bertz CT molecular complexity index is 247. The van der Waals surface area contributed by atoms with E-state index >= 15 is 0 Å². The van der Waals surface area contributed by atoms with Crippen molar-refractivity contribution in [1.29, 1.82) is 0 Å². The number of aliphatic hydroxyl groups excluding tert-OH is 1. The Kier molecular flexibility index (Phi) is 6.86. The van der Waals surface area contributed by atoms with Crippen LogP contribution in [0.5, 0.6) is 0 Å². The summed E-state index contributed by atoms with van der Waals surface area (Å²) in [5.74, 6) is 0. The Hall–Kier alpha value is -0.860. The van der Waals surface area contributed by atoms with Gasteiger partial charge in [0.15, 0.2) is 0 Å². The van der Waals surface area contributed by atoms with Gasteiger partial charge in [-0.1, -0.05) is 43.7 Å². The molecule has 0 amide bonds. The maximum Gasteiger partial charge on any atom is 0.0790 e. The molecule has 0 bridgehead atoms. The first-order chi connectivity index (χ1) is 7.84. The van der Waals surface area contributed by atoms with Gasteiger partial charge in [-0.05, 0) is 24.8 Å². The van der Waals surface area contributed by atoms with E-state index in [0.717, 1.165) is 31.6 Å². The summed E-state index contributed by atoms with van der Waals surface area (Å²) >= 11 is 0. The third-order valence-electron chi connectivity index (χ3n) is 2.57. The van der Waals surface area contributed by atoms with Crippen LogP contribution >= 0.6 is 0 Å². The standard InChI is InChI=1S/C10H14O.C4H8O/c1-2-6-10(11)9-7-4-3-5-8-9;1-2-4-5-3-1/h3-5,7-8,10-11H,2,6H2,1H3;1-4H2. The fourth-order valence-electron chi connectivity index (χ4n) is 1.63. The smallest absolute Gasteiger partial charge is 0.0790 e. The molecule has 1 aromatic carbocycles. The molecule has 1 aromatic rings. The molecule has 1 atom stereocenters. The topological polar surface area (TPSA) is 29.5 Å². The van der Waals surface area contributed by atoms with Crippen LogP contribution in [0.2, 0.25) is 0 Å². The van der Waals surface area contributed by atoms with Gasteiger partial charge >= 0.3 is 0 Å². The summed E-state index contributed by atoms with van der Waals surface area (Å²) in [7, 11) is 0. The molecule has 0 spiro atoms. The summed E-state index contributed by atoms with van der Waals surface area (Å²) in [6.07, 6.45) is 4.15. The molecule has 2 nitrogen and oxygen atoms in total. The second-order valence-electron chi connectivity index (χ2n) is 4.03. The lowest BCUT2D eigenvalue weighted by molar-refractivity contribution is 0.166. The summed E-state index contributed by atoms with van der Waals surface area (Å²) in [6.45, 7) is 4.08. The van der Waals surface area contributed by atoms with Crippen molar-refractivity contribution in [2.24, 2.45) is 0 Å². The minimum atomic E-state index is -0.277. The highest BCUT2D eigenvalue weighted by Crippen LogP contribution is 2.16. The third kappa shape index (κ3) is 5.29. The van der Waals surface area contributed by atoms with Crippen molar-refractivity contribution >= 4 is 0 Å². The van der Waals surface area contributed by atoms with Crippen LogP contribution in [0, 0.1) is 0 Å². The van der Waals surface area contributed by atoms with Crippen LogP contribution in [0.1, 0.15) is 44.3 Å². The molecule has 1 heterocycles. The second kappa shape index (κ2) is 8.31. The summed E-state index contributed by atoms with van der Waals surface area (Å²) in [5, 5.41) is 9.52. The van der Waals surface area contributed by atoms with Gasteiger partial charge in [-0.2, -0.15) is 0 Å². The Morgan fingerprint density at radius 3 is 2.25 bits per heavy atom. The number of rotatable bonds is 3. The summed E-state index contributed by atoms with van der Waals surface area (Å²) in [5.41, 5.74) is 1.02. The summed E-state index contributed by atoms with van der Waals surface area (Å²) in [4.78, 5) is 0. The van der Waals surface area contributed by atoms with Gasteiger partial charge in [0.1, 0.15) is 0 Å². The van der Waals surface area contributed by atoms with Gasteiger partial charge in [-0.15, -0.1) is 0 Å². The fourth-order valence-corrected chi connectivity index (χ4v) is 1.63. The molecule has 1 aliphatic rings. The van der Waals surface area contributed by atoms with E-state index in [2.05, 4.69) is 6.92 Å². The maximum absolute atomic E-state index is 9.52. The Morgan fingerprint density at radius 2 is 1.81 bits per heavy atom. The van der Waals surface area contributed by atoms with Crippen LogP contribution < -0.4 is 0 Å². The number of aliphatic hydroxyl groups is 1. The van der Waals surface area contributed by atoms with Crippen LogP contribution in [-0.2, 0) is 4.74 Å². The summed E-state index contributed by atoms with van der Waals surface area (Å²) < 4.78 is 4.94. The maximum atomic E-state index is 9.52. The lowest BCUT2D eigenvalue weighted by Crippen LogP contribution is -1.95. The highest BCUT2D eigenvalue weighted by Gasteiger charge is 2.03. The van der Waals surface area contributed by atoms with Crippen molar-refractivity contribution in [3.05, 3.63) is 35.9 Å². The molecular formula is C14H22O2. The van der Waals surface area contributed by atoms with Gasteiger partial charge in [-0.3, -0.25) is 0 Å².